The molecule has 5 aromatic rings. The molecule has 0 spiro atoms. The average Bonchev–Trinajstić information content (AvgIpc) is 3.18. The summed E-state index contributed by atoms with van der Waals surface area (Å²) in [6.07, 6.45) is 6.04. The van der Waals surface area contributed by atoms with Crippen molar-refractivity contribution < 1.29 is 30.0 Å². The summed E-state index contributed by atoms with van der Waals surface area (Å²) in [7, 11) is 0. The van der Waals surface area contributed by atoms with Gasteiger partial charge in [-0.3, -0.25) is 14.8 Å². The number of fused-ring (bicyclic) bond motifs is 3. The number of aliphatic hydroxyl groups excluding tert-OH is 1. The van der Waals surface area contributed by atoms with Crippen molar-refractivity contribution in [2.24, 2.45) is 5.92 Å². The predicted molar refractivity (Wildman–Crippen MR) is 146 cm³/mol. The molecule has 1 radical (unpaired) electrons. The van der Waals surface area contributed by atoms with Gasteiger partial charge in [0, 0.05) is 49.8 Å². The minimum Gasteiger partial charge on any atom is -0.512 e. The quantitative estimate of drug-likeness (QED) is 0.122. The molecule has 5 rings (SSSR count). The van der Waals surface area contributed by atoms with E-state index in [-0.39, 0.29) is 31.6 Å². The van der Waals surface area contributed by atoms with E-state index in [9.17, 15) is 4.79 Å². The van der Waals surface area contributed by atoms with E-state index < -0.39 is 0 Å². The molecule has 0 aliphatic rings. The molecule has 1 N–H and O–H groups in total. The summed E-state index contributed by atoms with van der Waals surface area (Å²) >= 11 is 0. The zero-order valence-corrected chi connectivity index (χ0v) is 23.8. The van der Waals surface area contributed by atoms with Crippen LogP contribution in [0.15, 0.2) is 91.0 Å². The molecule has 3 aromatic carbocycles. The van der Waals surface area contributed by atoms with E-state index >= 15 is 0 Å². The maximum atomic E-state index is 10.0. The van der Waals surface area contributed by atoms with E-state index in [0.29, 0.717) is 5.92 Å². The van der Waals surface area contributed by atoms with Crippen LogP contribution in [0, 0.1) is 12.0 Å². The fraction of sp³-hybridized carbons (Fsp3) is 0.194. The Morgan fingerprint density at radius 3 is 2.22 bits per heavy atom. The molecule has 6 heteroatoms. The van der Waals surface area contributed by atoms with Crippen LogP contribution in [0.5, 0.6) is 0 Å². The molecular formula is C31H30IrN3O2-. The third kappa shape index (κ3) is 6.79. The Morgan fingerprint density at radius 2 is 1.62 bits per heavy atom. The van der Waals surface area contributed by atoms with Gasteiger partial charge in [-0.1, -0.05) is 55.6 Å². The standard InChI is InChI=1S/C26H22N3.C5H8O2.Ir/c1-18(2)14-19-16-27-26(28-17-19)20-12-13-25-23(15-20)22-10-6-7-11-24(22)29(25)21-8-4-3-5-9-21;1-4(6)3-5(2)7;/h3-11,13,15-18H,14H2,1-2H3;3,6H,1-2H3;/q-1;;. The van der Waals surface area contributed by atoms with E-state index in [1.807, 2.05) is 18.5 Å². The summed E-state index contributed by atoms with van der Waals surface area (Å²) in [5, 5.41) is 10.8. The molecule has 5 nitrogen and oxygen atoms in total. The first-order valence-corrected chi connectivity index (χ1v) is 12.0. The van der Waals surface area contributed by atoms with Gasteiger partial charge in [0.05, 0.1) is 11.6 Å². The summed E-state index contributed by atoms with van der Waals surface area (Å²) in [4.78, 5) is 19.2. The van der Waals surface area contributed by atoms with E-state index in [1.165, 1.54) is 41.8 Å². The van der Waals surface area contributed by atoms with Crippen LogP contribution in [0.2, 0.25) is 0 Å². The molecule has 0 unspecified atom stereocenters. The van der Waals surface area contributed by atoms with Gasteiger partial charge in [-0.15, -0.1) is 23.8 Å². The Balaban J connectivity index is 0.000000422. The molecule has 0 aliphatic heterocycles. The number of aromatic nitrogens is 3. The predicted octanol–water partition coefficient (Wildman–Crippen LogP) is 7.27. The number of rotatable bonds is 5. The molecular weight excluding hydrogens is 639 g/mol. The number of ketones is 1. The maximum absolute atomic E-state index is 10.0. The van der Waals surface area contributed by atoms with Gasteiger partial charge in [0.2, 0.25) is 0 Å². The molecule has 2 aromatic heterocycles. The second kappa shape index (κ2) is 12.6. The van der Waals surface area contributed by atoms with Crippen molar-refractivity contribution in [3.63, 3.8) is 0 Å². The summed E-state index contributed by atoms with van der Waals surface area (Å²) in [6, 6.07) is 26.6. The third-order valence-corrected chi connectivity index (χ3v) is 5.62. The van der Waals surface area contributed by atoms with Crippen molar-refractivity contribution in [1.29, 1.82) is 0 Å². The molecule has 0 aliphatic carbocycles. The van der Waals surface area contributed by atoms with E-state index in [2.05, 4.69) is 95.1 Å². The van der Waals surface area contributed by atoms with Crippen molar-refractivity contribution in [3.8, 4) is 17.1 Å². The average molecular weight is 669 g/mol. The fourth-order valence-corrected chi connectivity index (χ4v) is 4.26. The van der Waals surface area contributed by atoms with Crippen molar-refractivity contribution in [3.05, 3.63) is 103 Å². The fourth-order valence-electron chi connectivity index (χ4n) is 4.26. The van der Waals surface area contributed by atoms with Crippen LogP contribution in [0.3, 0.4) is 0 Å². The first kappa shape index (κ1) is 28.0. The number of nitrogens with zero attached hydrogens (tertiary/aromatic N) is 3. The van der Waals surface area contributed by atoms with Gasteiger partial charge < -0.3 is 9.67 Å². The number of hydrogen-bond acceptors (Lipinski definition) is 4. The van der Waals surface area contributed by atoms with Gasteiger partial charge in [-0.2, -0.15) is 0 Å². The molecule has 0 bridgehead atoms. The Labute approximate surface area is 231 Å². The van der Waals surface area contributed by atoms with Crippen LogP contribution >= 0.6 is 0 Å². The van der Waals surface area contributed by atoms with Crippen LogP contribution < -0.4 is 0 Å². The Kier molecular flexibility index (Phi) is 9.51. The molecule has 2 heterocycles. The number of carbonyl (C=O) groups excluding carboxylic acids is 1. The second-order valence-corrected chi connectivity index (χ2v) is 9.24. The zero-order chi connectivity index (χ0) is 25.7. The van der Waals surface area contributed by atoms with Crippen LogP contribution in [0.25, 0.3) is 38.9 Å². The van der Waals surface area contributed by atoms with Gasteiger partial charge in [-0.25, -0.2) is 0 Å². The topological polar surface area (TPSA) is 68.0 Å². The third-order valence-electron chi connectivity index (χ3n) is 5.62. The Hall–Kier alpha value is -3.60. The molecule has 0 amide bonds. The van der Waals surface area contributed by atoms with Gasteiger partial charge in [-0.05, 0) is 60.9 Å². The number of benzene rings is 3. The number of carbonyl (C=O) groups is 1. The molecule has 0 fully saturated rings. The van der Waals surface area contributed by atoms with E-state index in [1.54, 1.807) is 0 Å². The molecule has 0 atom stereocenters. The normalized spacial score (nSPS) is 11.2. The summed E-state index contributed by atoms with van der Waals surface area (Å²) in [6.45, 7) is 7.26. The van der Waals surface area contributed by atoms with Crippen molar-refractivity contribution >= 4 is 27.6 Å². The number of para-hydroxylation sites is 2. The Morgan fingerprint density at radius 1 is 0.973 bits per heavy atom. The zero-order valence-electron chi connectivity index (χ0n) is 21.4. The molecule has 0 saturated heterocycles. The molecule has 37 heavy (non-hydrogen) atoms. The first-order chi connectivity index (χ1) is 17.3. The maximum Gasteiger partial charge on any atom is 0.155 e. The number of aliphatic hydroxyl groups is 1. The second-order valence-electron chi connectivity index (χ2n) is 9.24. The minimum absolute atomic E-state index is 0. The largest absolute Gasteiger partial charge is 0.512 e. The van der Waals surface area contributed by atoms with Crippen LogP contribution in [-0.4, -0.2) is 25.4 Å². The molecule has 0 saturated carbocycles. The van der Waals surface area contributed by atoms with Crippen molar-refractivity contribution in [2.75, 3.05) is 0 Å². The Bertz CT molecular complexity index is 1520. The van der Waals surface area contributed by atoms with Crippen molar-refractivity contribution in [1.82, 2.24) is 14.5 Å². The smallest absolute Gasteiger partial charge is 0.155 e. The number of hydrogen-bond donors (Lipinski definition) is 1. The summed E-state index contributed by atoms with van der Waals surface area (Å²) < 4.78 is 2.29. The number of allylic oxidation sites excluding steroid dienone is 2. The van der Waals surface area contributed by atoms with Gasteiger partial charge >= 0.3 is 0 Å². The van der Waals surface area contributed by atoms with Crippen LogP contribution in [0.4, 0.5) is 0 Å². The van der Waals surface area contributed by atoms with Crippen LogP contribution in [0.1, 0.15) is 33.3 Å². The van der Waals surface area contributed by atoms with Gasteiger partial charge in [0.15, 0.2) is 5.78 Å². The van der Waals surface area contributed by atoms with Gasteiger partial charge in [0.25, 0.3) is 0 Å². The monoisotopic (exact) mass is 669 g/mol. The molecule has 191 valence electrons. The van der Waals surface area contributed by atoms with Crippen molar-refractivity contribution in [2.45, 2.75) is 34.1 Å². The summed E-state index contributed by atoms with van der Waals surface area (Å²) in [5.41, 5.74) is 5.56. The first-order valence-electron chi connectivity index (χ1n) is 12.0. The van der Waals surface area contributed by atoms with Gasteiger partial charge in [0.1, 0.15) is 0 Å². The minimum atomic E-state index is -0.125. The SMILES string of the molecule is CC(=O)C=C(C)O.CC(C)Cc1cnc(-c2[c-]cc3c(c2)c2ccccc2n3-c2ccccc2)nc1.[Ir]. The van der Waals surface area contributed by atoms with E-state index in [0.717, 1.165) is 29.0 Å². The summed E-state index contributed by atoms with van der Waals surface area (Å²) in [5.74, 6) is 1.25. The van der Waals surface area contributed by atoms with E-state index in [4.69, 9.17) is 5.11 Å². The van der Waals surface area contributed by atoms with Crippen LogP contribution in [-0.2, 0) is 31.3 Å².